The number of hydrogen-bond acceptors (Lipinski definition) is 6. The second-order valence-electron chi connectivity index (χ2n) is 8.58. The molecule has 0 N–H and O–H groups in total. The van der Waals surface area contributed by atoms with Crippen LogP contribution >= 0.6 is 11.3 Å². The van der Waals surface area contributed by atoms with Crippen LogP contribution in [0.15, 0.2) is 64.1 Å². The van der Waals surface area contributed by atoms with Gasteiger partial charge in [0, 0.05) is 19.2 Å². The van der Waals surface area contributed by atoms with Crippen LogP contribution in [0.1, 0.15) is 47.0 Å². The molecule has 9 heteroatoms. The van der Waals surface area contributed by atoms with Crippen molar-refractivity contribution in [1.82, 2.24) is 9.29 Å². The second-order valence-corrected chi connectivity index (χ2v) is 11.6. The van der Waals surface area contributed by atoms with Crippen LogP contribution in [0.2, 0.25) is 0 Å². The zero-order chi connectivity index (χ0) is 25.2. The number of aryl methyl sites for hydroxylation is 2. The third-order valence-corrected chi connectivity index (χ3v) is 8.91. The Hall–Kier alpha value is -3.01. The Bertz CT molecular complexity index is 1390. The van der Waals surface area contributed by atoms with E-state index in [1.807, 2.05) is 26.0 Å². The van der Waals surface area contributed by atoms with Gasteiger partial charge in [-0.1, -0.05) is 24.7 Å². The number of rotatable bonds is 9. The van der Waals surface area contributed by atoms with Crippen molar-refractivity contribution in [3.8, 4) is 0 Å². The van der Waals surface area contributed by atoms with Crippen molar-refractivity contribution < 1.29 is 17.6 Å². The number of amides is 1. The Morgan fingerprint density at radius 2 is 1.80 bits per heavy atom. The molecule has 0 radical (unpaired) electrons. The summed E-state index contributed by atoms with van der Waals surface area (Å²) < 4.78 is 33.6. The van der Waals surface area contributed by atoms with E-state index < -0.39 is 10.0 Å². The largest absolute Gasteiger partial charge is 0.467 e. The molecule has 0 fully saturated rings. The number of nitrogens with zero attached hydrogens (tertiary/aromatic N) is 3. The maximum absolute atomic E-state index is 13.6. The molecule has 2 aromatic heterocycles. The lowest BCUT2D eigenvalue weighted by atomic mass is 10.1. The van der Waals surface area contributed by atoms with E-state index in [-0.39, 0.29) is 17.3 Å². The summed E-state index contributed by atoms with van der Waals surface area (Å²) in [5, 5.41) is 0.558. The summed E-state index contributed by atoms with van der Waals surface area (Å²) in [4.78, 5) is 20.1. The number of thiazole rings is 1. The summed E-state index contributed by atoms with van der Waals surface area (Å²) in [7, 11) is -2.03. The predicted octanol–water partition coefficient (Wildman–Crippen LogP) is 5.77. The number of benzene rings is 2. The van der Waals surface area contributed by atoms with Gasteiger partial charge in [-0.15, -0.1) is 0 Å². The van der Waals surface area contributed by atoms with E-state index in [2.05, 4.69) is 13.0 Å². The van der Waals surface area contributed by atoms with Crippen molar-refractivity contribution in [2.24, 2.45) is 0 Å². The van der Waals surface area contributed by atoms with E-state index in [9.17, 15) is 13.2 Å². The van der Waals surface area contributed by atoms with E-state index in [1.165, 1.54) is 27.8 Å². The van der Waals surface area contributed by atoms with E-state index >= 15 is 0 Å². The average molecular weight is 512 g/mol. The number of unbranched alkanes of at least 4 members (excludes halogenated alkanes) is 1. The second kappa shape index (κ2) is 10.3. The summed E-state index contributed by atoms with van der Waals surface area (Å²) in [6.45, 7) is 6.77. The van der Waals surface area contributed by atoms with Crippen molar-refractivity contribution in [3.63, 3.8) is 0 Å². The topological polar surface area (TPSA) is 83.7 Å². The lowest BCUT2D eigenvalue weighted by Crippen LogP contribution is -2.30. The van der Waals surface area contributed by atoms with E-state index in [4.69, 9.17) is 9.40 Å². The van der Waals surface area contributed by atoms with Crippen LogP contribution in [0.3, 0.4) is 0 Å². The van der Waals surface area contributed by atoms with E-state index in [0.29, 0.717) is 23.0 Å². The maximum atomic E-state index is 13.6. The standard InChI is InChI=1S/C26H29N3O4S2/c1-5-6-13-28(4)35(31,32)22-11-9-20(10-12-22)25(30)29(17-21-8-7-14-33-21)26-27-23-15-18(2)19(3)16-24(23)34-26/h7-12,14-16H,5-6,13,17H2,1-4H3. The lowest BCUT2D eigenvalue weighted by Gasteiger charge is -2.20. The Balaban J connectivity index is 1.66. The molecule has 1 amide bonds. The predicted molar refractivity (Wildman–Crippen MR) is 139 cm³/mol. The van der Waals surface area contributed by atoms with Gasteiger partial charge in [0.1, 0.15) is 5.76 Å². The highest BCUT2D eigenvalue weighted by atomic mass is 32.2. The molecule has 0 atom stereocenters. The van der Waals surface area contributed by atoms with Crippen molar-refractivity contribution in [2.45, 2.75) is 45.1 Å². The third-order valence-electron chi connectivity index (χ3n) is 6.00. The zero-order valence-corrected chi connectivity index (χ0v) is 21.9. The van der Waals surface area contributed by atoms with Crippen LogP contribution in [0.4, 0.5) is 5.13 Å². The van der Waals surface area contributed by atoms with Gasteiger partial charge >= 0.3 is 0 Å². The van der Waals surface area contributed by atoms with Crippen LogP contribution in [0.25, 0.3) is 10.2 Å². The van der Waals surface area contributed by atoms with Gasteiger partial charge in [-0.2, -0.15) is 0 Å². The van der Waals surface area contributed by atoms with Gasteiger partial charge in [-0.25, -0.2) is 17.7 Å². The average Bonchev–Trinajstić information content (AvgIpc) is 3.50. The summed E-state index contributed by atoms with van der Waals surface area (Å²) >= 11 is 1.44. The SMILES string of the molecule is CCCCN(C)S(=O)(=O)c1ccc(C(=O)N(Cc2ccco2)c2nc3cc(C)c(C)cc3s2)cc1. The fourth-order valence-corrected chi connectivity index (χ4v) is 5.93. The first-order valence-electron chi connectivity index (χ1n) is 11.5. The van der Waals surface area contributed by atoms with Gasteiger partial charge in [0.15, 0.2) is 5.13 Å². The number of hydrogen-bond donors (Lipinski definition) is 0. The molecule has 4 rings (SSSR count). The highest BCUT2D eigenvalue weighted by Crippen LogP contribution is 2.32. The monoisotopic (exact) mass is 511 g/mol. The summed E-state index contributed by atoms with van der Waals surface area (Å²) in [6.07, 6.45) is 3.26. The van der Waals surface area contributed by atoms with Crippen LogP contribution in [-0.2, 0) is 16.6 Å². The van der Waals surface area contributed by atoms with Crippen molar-refractivity contribution in [3.05, 3.63) is 77.2 Å². The highest BCUT2D eigenvalue weighted by molar-refractivity contribution is 7.89. The third kappa shape index (κ3) is 5.32. The van der Waals surface area contributed by atoms with Gasteiger partial charge in [0.05, 0.1) is 27.9 Å². The number of furan rings is 1. The highest BCUT2D eigenvalue weighted by Gasteiger charge is 2.25. The van der Waals surface area contributed by atoms with Gasteiger partial charge in [0.2, 0.25) is 10.0 Å². The molecule has 7 nitrogen and oxygen atoms in total. The molecule has 0 aliphatic carbocycles. The van der Waals surface area contributed by atoms with Crippen molar-refractivity contribution in [1.29, 1.82) is 0 Å². The number of sulfonamides is 1. The van der Waals surface area contributed by atoms with Crippen molar-refractivity contribution >= 4 is 42.6 Å². The van der Waals surface area contributed by atoms with Crippen LogP contribution < -0.4 is 4.90 Å². The molecule has 0 saturated carbocycles. The molecular formula is C26H29N3O4S2. The van der Waals surface area contributed by atoms with Gasteiger partial charge in [0.25, 0.3) is 5.91 Å². The Kier molecular flexibility index (Phi) is 7.39. The summed E-state index contributed by atoms with van der Waals surface area (Å²) in [6, 6.07) is 13.8. The molecule has 2 aromatic carbocycles. The first-order chi connectivity index (χ1) is 16.7. The molecule has 0 bridgehead atoms. The fourth-order valence-electron chi connectivity index (χ4n) is 3.67. The lowest BCUT2D eigenvalue weighted by molar-refractivity contribution is 0.0983. The van der Waals surface area contributed by atoms with Crippen molar-refractivity contribution in [2.75, 3.05) is 18.5 Å². The number of aromatic nitrogens is 1. The molecular weight excluding hydrogens is 482 g/mol. The molecule has 0 unspecified atom stereocenters. The summed E-state index contributed by atoms with van der Waals surface area (Å²) in [5.41, 5.74) is 3.51. The Labute approximate surface area is 210 Å². The summed E-state index contributed by atoms with van der Waals surface area (Å²) in [5.74, 6) is 0.346. The molecule has 184 valence electrons. The first-order valence-corrected chi connectivity index (χ1v) is 13.7. The molecule has 35 heavy (non-hydrogen) atoms. The molecule has 0 spiro atoms. The Morgan fingerprint density at radius 3 is 2.46 bits per heavy atom. The minimum Gasteiger partial charge on any atom is -0.467 e. The zero-order valence-electron chi connectivity index (χ0n) is 20.3. The van der Waals surface area contributed by atoms with Gasteiger partial charge < -0.3 is 4.42 Å². The molecule has 4 aromatic rings. The maximum Gasteiger partial charge on any atom is 0.260 e. The minimum absolute atomic E-state index is 0.163. The van der Waals surface area contributed by atoms with E-state index in [0.717, 1.165) is 34.2 Å². The first kappa shape index (κ1) is 25.1. The van der Waals surface area contributed by atoms with Crippen LogP contribution in [0, 0.1) is 13.8 Å². The molecule has 0 saturated heterocycles. The number of anilines is 1. The molecule has 0 aliphatic heterocycles. The number of carbonyl (C=O) groups is 1. The molecule has 0 aliphatic rings. The van der Waals surface area contributed by atoms with E-state index in [1.54, 1.807) is 36.4 Å². The smallest absolute Gasteiger partial charge is 0.260 e. The minimum atomic E-state index is -3.61. The van der Waals surface area contributed by atoms with Gasteiger partial charge in [-0.05, 0) is 79.9 Å². The number of carbonyl (C=O) groups excluding carboxylic acids is 1. The molecule has 2 heterocycles. The van der Waals surface area contributed by atoms with Gasteiger partial charge in [-0.3, -0.25) is 9.69 Å². The fraction of sp³-hybridized carbons (Fsp3) is 0.308. The normalized spacial score (nSPS) is 11.9. The van der Waals surface area contributed by atoms with Crippen LogP contribution in [0.5, 0.6) is 0 Å². The quantitative estimate of drug-likeness (QED) is 0.285. The van der Waals surface area contributed by atoms with Crippen LogP contribution in [-0.4, -0.2) is 37.2 Å². The number of fused-ring (bicyclic) bond motifs is 1. The Morgan fingerprint density at radius 1 is 1.09 bits per heavy atom.